The van der Waals surface area contributed by atoms with Crippen molar-refractivity contribution in [2.24, 2.45) is 0 Å². The first-order valence-corrected chi connectivity index (χ1v) is 9.99. The predicted octanol–water partition coefficient (Wildman–Crippen LogP) is 2.99. The predicted molar refractivity (Wildman–Crippen MR) is 96.9 cm³/mol. The number of hydrogen-bond donors (Lipinski definition) is 1. The number of terminal acetylenes is 1. The number of hydrogen-bond acceptors (Lipinski definition) is 4. The Bertz CT molecular complexity index is 885. The molecule has 1 N–H and O–H groups in total. The number of sulfone groups is 1. The van der Waals surface area contributed by atoms with Gasteiger partial charge in [-0.1, -0.05) is 30.2 Å². The van der Waals surface area contributed by atoms with Gasteiger partial charge in [0.2, 0.25) is 0 Å². The molecule has 0 fully saturated rings. The zero-order valence-corrected chi connectivity index (χ0v) is 15.4. The molecular formula is C18H19NO3S2. The number of nitrogens with one attached hydrogen (secondary N) is 1. The van der Waals surface area contributed by atoms with Crippen LogP contribution in [0.25, 0.3) is 0 Å². The molecule has 0 unspecified atom stereocenters. The summed E-state index contributed by atoms with van der Waals surface area (Å²) >= 11 is 0.970. The maximum absolute atomic E-state index is 12.1. The molecule has 1 amide bonds. The van der Waals surface area contributed by atoms with Gasteiger partial charge in [-0.25, -0.2) is 8.42 Å². The number of amides is 1. The minimum absolute atomic E-state index is 0.188. The van der Waals surface area contributed by atoms with Crippen LogP contribution in [0.2, 0.25) is 0 Å². The Morgan fingerprint density at radius 2 is 1.83 bits per heavy atom. The molecule has 0 bridgehead atoms. The van der Waals surface area contributed by atoms with Crippen molar-refractivity contribution in [2.45, 2.75) is 30.0 Å². The maximum Gasteiger partial charge on any atom is 0.261 e. The highest BCUT2D eigenvalue weighted by atomic mass is 32.2. The van der Waals surface area contributed by atoms with Crippen molar-refractivity contribution in [3.63, 3.8) is 0 Å². The van der Waals surface area contributed by atoms with Crippen molar-refractivity contribution in [3.05, 3.63) is 52.4 Å². The van der Waals surface area contributed by atoms with E-state index in [-0.39, 0.29) is 15.5 Å². The summed E-state index contributed by atoms with van der Waals surface area (Å²) in [7, 11) is -3.28. The topological polar surface area (TPSA) is 63.2 Å². The minimum atomic E-state index is -3.28. The van der Waals surface area contributed by atoms with Crippen LogP contribution in [0.1, 0.15) is 34.6 Å². The summed E-state index contributed by atoms with van der Waals surface area (Å²) in [5.41, 5.74) is 1.65. The van der Waals surface area contributed by atoms with E-state index in [2.05, 4.69) is 11.2 Å². The second-order valence-electron chi connectivity index (χ2n) is 6.04. The van der Waals surface area contributed by atoms with Gasteiger partial charge >= 0.3 is 0 Å². The fourth-order valence-electron chi connectivity index (χ4n) is 2.03. The summed E-state index contributed by atoms with van der Waals surface area (Å²) in [5, 5.41) is 2.79. The number of thiophene rings is 1. The highest BCUT2D eigenvalue weighted by molar-refractivity contribution is 7.92. The standard InChI is InChI=1S/C18H19NO3S2/c1-5-18(2,3)14-8-6-13(7-9-14)12-19-17(20)15-10-11-16(23-15)24(4,21)22/h1,6-11H,12H2,2-4H3,(H,19,20). The van der Waals surface area contributed by atoms with E-state index in [0.29, 0.717) is 11.4 Å². The van der Waals surface area contributed by atoms with E-state index in [0.717, 1.165) is 28.7 Å². The van der Waals surface area contributed by atoms with Crippen LogP contribution in [0.5, 0.6) is 0 Å². The van der Waals surface area contributed by atoms with Crippen LogP contribution >= 0.6 is 11.3 Å². The van der Waals surface area contributed by atoms with E-state index in [1.807, 2.05) is 38.1 Å². The molecule has 2 aromatic rings. The molecule has 0 aliphatic rings. The Kier molecular flexibility index (Phi) is 5.16. The first-order chi connectivity index (χ1) is 11.1. The number of carbonyl (C=O) groups is 1. The molecule has 0 saturated heterocycles. The number of rotatable bonds is 5. The Hall–Kier alpha value is -2.10. The van der Waals surface area contributed by atoms with Gasteiger partial charge in [-0.15, -0.1) is 17.8 Å². The maximum atomic E-state index is 12.1. The summed E-state index contributed by atoms with van der Waals surface area (Å²) in [6.07, 6.45) is 6.65. The summed E-state index contributed by atoms with van der Waals surface area (Å²) in [6.45, 7) is 4.31. The summed E-state index contributed by atoms with van der Waals surface area (Å²) in [6, 6.07) is 10.7. The molecule has 126 valence electrons. The van der Waals surface area contributed by atoms with Gasteiger partial charge in [0, 0.05) is 12.8 Å². The lowest BCUT2D eigenvalue weighted by Crippen LogP contribution is -2.22. The van der Waals surface area contributed by atoms with Crippen LogP contribution < -0.4 is 5.32 Å². The van der Waals surface area contributed by atoms with Crippen LogP contribution in [0.15, 0.2) is 40.6 Å². The third kappa shape index (κ3) is 4.25. The molecule has 0 aliphatic heterocycles. The molecule has 1 heterocycles. The molecule has 0 atom stereocenters. The molecule has 0 aliphatic carbocycles. The molecule has 24 heavy (non-hydrogen) atoms. The van der Waals surface area contributed by atoms with Crippen LogP contribution in [-0.4, -0.2) is 20.6 Å². The summed E-state index contributed by atoms with van der Waals surface area (Å²) in [5.74, 6) is 2.46. The molecule has 0 radical (unpaired) electrons. The van der Waals surface area contributed by atoms with E-state index in [4.69, 9.17) is 6.42 Å². The average molecular weight is 361 g/mol. The fourth-order valence-corrected chi connectivity index (χ4v) is 3.88. The van der Waals surface area contributed by atoms with E-state index < -0.39 is 9.84 Å². The third-order valence-corrected chi connectivity index (χ3v) is 6.56. The second-order valence-corrected chi connectivity index (χ2v) is 9.37. The SMILES string of the molecule is C#CC(C)(C)c1ccc(CNC(=O)c2ccc(S(C)(=O)=O)s2)cc1. The fraction of sp³-hybridized carbons (Fsp3) is 0.278. The van der Waals surface area contributed by atoms with E-state index in [9.17, 15) is 13.2 Å². The first kappa shape index (κ1) is 18.2. The van der Waals surface area contributed by atoms with Gasteiger partial charge in [0.15, 0.2) is 9.84 Å². The molecular weight excluding hydrogens is 342 g/mol. The second kappa shape index (κ2) is 6.80. The highest BCUT2D eigenvalue weighted by Gasteiger charge is 2.17. The number of carbonyl (C=O) groups excluding carboxylic acids is 1. The zero-order valence-electron chi connectivity index (χ0n) is 13.8. The van der Waals surface area contributed by atoms with Crippen molar-refractivity contribution in [3.8, 4) is 12.3 Å². The molecule has 1 aromatic heterocycles. The van der Waals surface area contributed by atoms with Crippen LogP contribution in [0.3, 0.4) is 0 Å². The Morgan fingerprint density at radius 1 is 1.21 bits per heavy atom. The Morgan fingerprint density at radius 3 is 2.33 bits per heavy atom. The monoisotopic (exact) mass is 361 g/mol. The van der Waals surface area contributed by atoms with Crippen molar-refractivity contribution < 1.29 is 13.2 Å². The van der Waals surface area contributed by atoms with Crippen molar-refractivity contribution in [1.29, 1.82) is 0 Å². The van der Waals surface area contributed by atoms with Crippen molar-refractivity contribution in [1.82, 2.24) is 5.32 Å². The van der Waals surface area contributed by atoms with Crippen LogP contribution in [-0.2, 0) is 21.8 Å². The van der Waals surface area contributed by atoms with Crippen molar-refractivity contribution >= 4 is 27.1 Å². The van der Waals surface area contributed by atoms with E-state index in [1.165, 1.54) is 12.1 Å². The lowest BCUT2D eigenvalue weighted by molar-refractivity contribution is 0.0955. The van der Waals surface area contributed by atoms with Crippen molar-refractivity contribution in [2.75, 3.05) is 6.26 Å². The van der Waals surface area contributed by atoms with Gasteiger partial charge in [0.05, 0.1) is 10.3 Å². The third-order valence-electron chi connectivity index (χ3n) is 3.66. The molecule has 0 spiro atoms. The van der Waals surface area contributed by atoms with Gasteiger partial charge < -0.3 is 5.32 Å². The quantitative estimate of drug-likeness (QED) is 0.833. The van der Waals surface area contributed by atoms with Gasteiger partial charge in [0.25, 0.3) is 5.91 Å². The molecule has 1 aromatic carbocycles. The average Bonchev–Trinajstić information content (AvgIpc) is 3.03. The van der Waals surface area contributed by atoms with E-state index >= 15 is 0 Å². The normalized spacial score (nSPS) is 11.8. The van der Waals surface area contributed by atoms with Gasteiger partial charge in [-0.2, -0.15) is 0 Å². The van der Waals surface area contributed by atoms with E-state index in [1.54, 1.807) is 0 Å². The van der Waals surface area contributed by atoms with Gasteiger partial charge in [-0.05, 0) is 37.1 Å². The first-order valence-electron chi connectivity index (χ1n) is 7.29. The summed E-state index contributed by atoms with van der Waals surface area (Å²) in [4.78, 5) is 12.5. The smallest absolute Gasteiger partial charge is 0.261 e. The highest BCUT2D eigenvalue weighted by Crippen LogP contribution is 2.23. The van der Waals surface area contributed by atoms with Gasteiger partial charge in [-0.3, -0.25) is 4.79 Å². The molecule has 4 nitrogen and oxygen atoms in total. The largest absolute Gasteiger partial charge is 0.347 e. The number of benzene rings is 1. The van der Waals surface area contributed by atoms with Gasteiger partial charge in [0.1, 0.15) is 4.21 Å². The lowest BCUT2D eigenvalue weighted by atomic mass is 9.85. The molecule has 0 saturated carbocycles. The van der Waals surface area contributed by atoms with Crippen LogP contribution in [0, 0.1) is 12.3 Å². The lowest BCUT2D eigenvalue weighted by Gasteiger charge is -2.18. The Balaban J connectivity index is 2.02. The molecule has 2 rings (SSSR count). The molecule has 6 heteroatoms. The summed E-state index contributed by atoms with van der Waals surface area (Å²) < 4.78 is 23.1. The minimum Gasteiger partial charge on any atom is -0.347 e. The Labute approximate surface area is 146 Å². The van der Waals surface area contributed by atoms with Crippen LogP contribution in [0.4, 0.5) is 0 Å². The zero-order chi connectivity index (χ0) is 18.0.